The van der Waals surface area contributed by atoms with Crippen LogP contribution in [0.4, 0.5) is 5.82 Å². The molecule has 0 radical (unpaired) electrons. The van der Waals surface area contributed by atoms with Crippen molar-refractivity contribution in [3.8, 4) is 0 Å². The standard InChI is InChI=1S/C16H16N2O/c19-16(13-6-2-1-3-7-13)14-8-9-15(17-12-14)18-10-4-5-11-18/h1-3,6-9,12H,4-5,10-11H2. The van der Waals surface area contributed by atoms with Crippen LogP contribution in [0.3, 0.4) is 0 Å². The number of hydrogen-bond acceptors (Lipinski definition) is 3. The molecular weight excluding hydrogens is 236 g/mol. The van der Waals surface area contributed by atoms with Gasteiger partial charge in [-0.3, -0.25) is 4.79 Å². The van der Waals surface area contributed by atoms with Crippen molar-refractivity contribution in [2.45, 2.75) is 12.8 Å². The first-order chi connectivity index (χ1) is 9.34. The average Bonchev–Trinajstić information content (AvgIpc) is 3.02. The molecule has 96 valence electrons. The lowest BCUT2D eigenvalue weighted by Crippen LogP contribution is -2.19. The Balaban J connectivity index is 1.80. The summed E-state index contributed by atoms with van der Waals surface area (Å²) < 4.78 is 0. The summed E-state index contributed by atoms with van der Waals surface area (Å²) in [6, 6.07) is 13.1. The van der Waals surface area contributed by atoms with E-state index >= 15 is 0 Å². The quantitative estimate of drug-likeness (QED) is 0.787. The molecular formula is C16H16N2O. The molecule has 3 rings (SSSR count). The van der Waals surface area contributed by atoms with E-state index in [9.17, 15) is 4.79 Å². The molecule has 0 bridgehead atoms. The molecule has 0 aliphatic carbocycles. The minimum atomic E-state index is 0.0288. The van der Waals surface area contributed by atoms with Gasteiger partial charge < -0.3 is 4.90 Å². The fourth-order valence-electron chi connectivity index (χ4n) is 2.41. The Morgan fingerprint density at radius 1 is 0.947 bits per heavy atom. The van der Waals surface area contributed by atoms with Crippen molar-refractivity contribution in [3.05, 3.63) is 59.8 Å². The van der Waals surface area contributed by atoms with E-state index in [1.807, 2.05) is 42.5 Å². The van der Waals surface area contributed by atoms with E-state index < -0.39 is 0 Å². The van der Waals surface area contributed by atoms with Gasteiger partial charge in [0.15, 0.2) is 5.78 Å². The molecule has 0 N–H and O–H groups in total. The third kappa shape index (κ3) is 2.50. The molecule has 0 unspecified atom stereocenters. The second-order valence-corrected chi connectivity index (χ2v) is 4.79. The summed E-state index contributed by atoms with van der Waals surface area (Å²) in [7, 11) is 0. The average molecular weight is 252 g/mol. The third-order valence-corrected chi connectivity index (χ3v) is 3.48. The molecule has 0 atom stereocenters. The molecule has 0 saturated carbocycles. The maximum absolute atomic E-state index is 12.2. The zero-order valence-corrected chi connectivity index (χ0v) is 10.7. The Kier molecular flexibility index (Phi) is 3.27. The zero-order valence-electron chi connectivity index (χ0n) is 10.7. The normalized spacial score (nSPS) is 14.6. The Morgan fingerprint density at radius 2 is 1.68 bits per heavy atom. The van der Waals surface area contributed by atoms with Crippen molar-refractivity contribution in [3.63, 3.8) is 0 Å². The SMILES string of the molecule is O=C(c1ccccc1)c1ccc(N2CCCC2)nc1. The van der Waals surface area contributed by atoms with Crippen LogP contribution < -0.4 is 4.90 Å². The Labute approximate surface area is 112 Å². The molecule has 3 heteroatoms. The van der Waals surface area contributed by atoms with E-state index in [1.54, 1.807) is 6.20 Å². The lowest BCUT2D eigenvalue weighted by molar-refractivity contribution is 0.103. The summed E-state index contributed by atoms with van der Waals surface area (Å²) in [6.07, 6.45) is 4.14. The highest BCUT2D eigenvalue weighted by atomic mass is 16.1. The molecule has 1 fully saturated rings. The molecule has 1 saturated heterocycles. The lowest BCUT2D eigenvalue weighted by Gasteiger charge is -2.16. The van der Waals surface area contributed by atoms with Crippen LogP contribution in [0.15, 0.2) is 48.7 Å². The molecule has 2 heterocycles. The van der Waals surface area contributed by atoms with Crippen LogP contribution in [0.5, 0.6) is 0 Å². The highest BCUT2D eigenvalue weighted by molar-refractivity contribution is 6.08. The van der Waals surface area contributed by atoms with Gasteiger partial charge in [0.05, 0.1) is 0 Å². The first-order valence-corrected chi connectivity index (χ1v) is 6.65. The summed E-state index contributed by atoms with van der Waals surface area (Å²) >= 11 is 0. The van der Waals surface area contributed by atoms with Crippen LogP contribution in [0.2, 0.25) is 0 Å². The lowest BCUT2D eigenvalue weighted by atomic mass is 10.1. The number of benzene rings is 1. The second kappa shape index (κ2) is 5.22. The topological polar surface area (TPSA) is 33.2 Å². The predicted molar refractivity (Wildman–Crippen MR) is 75.6 cm³/mol. The molecule has 1 aromatic carbocycles. The van der Waals surface area contributed by atoms with E-state index in [2.05, 4.69) is 9.88 Å². The van der Waals surface area contributed by atoms with Gasteiger partial charge in [-0.1, -0.05) is 30.3 Å². The van der Waals surface area contributed by atoms with Crippen LogP contribution >= 0.6 is 0 Å². The minimum absolute atomic E-state index is 0.0288. The van der Waals surface area contributed by atoms with E-state index in [0.29, 0.717) is 11.1 Å². The van der Waals surface area contributed by atoms with Gasteiger partial charge >= 0.3 is 0 Å². The van der Waals surface area contributed by atoms with E-state index in [-0.39, 0.29) is 5.78 Å². The maximum Gasteiger partial charge on any atom is 0.194 e. The molecule has 2 aromatic rings. The van der Waals surface area contributed by atoms with Gasteiger partial charge in [-0.05, 0) is 25.0 Å². The third-order valence-electron chi connectivity index (χ3n) is 3.48. The van der Waals surface area contributed by atoms with Crippen LogP contribution in [0.25, 0.3) is 0 Å². The number of hydrogen-bond donors (Lipinski definition) is 0. The van der Waals surface area contributed by atoms with Crippen molar-refractivity contribution in [2.24, 2.45) is 0 Å². The van der Waals surface area contributed by atoms with Crippen LogP contribution in [0, 0.1) is 0 Å². The number of aromatic nitrogens is 1. The first kappa shape index (κ1) is 11.9. The molecule has 0 amide bonds. The van der Waals surface area contributed by atoms with Crippen molar-refractivity contribution in [1.82, 2.24) is 4.98 Å². The number of ketones is 1. The van der Waals surface area contributed by atoms with Gasteiger partial charge in [-0.15, -0.1) is 0 Å². The fourth-order valence-corrected chi connectivity index (χ4v) is 2.41. The summed E-state index contributed by atoms with van der Waals surface area (Å²) in [6.45, 7) is 2.14. The van der Waals surface area contributed by atoms with Gasteiger partial charge in [-0.25, -0.2) is 4.98 Å². The number of nitrogens with zero attached hydrogens (tertiary/aromatic N) is 2. The van der Waals surface area contributed by atoms with Crippen LogP contribution in [0.1, 0.15) is 28.8 Å². The first-order valence-electron chi connectivity index (χ1n) is 6.65. The smallest absolute Gasteiger partial charge is 0.194 e. The van der Waals surface area contributed by atoms with E-state index in [0.717, 1.165) is 18.9 Å². The zero-order chi connectivity index (χ0) is 13.1. The number of anilines is 1. The Morgan fingerprint density at radius 3 is 2.32 bits per heavy atom. The highest BCUT2D eigenvalue weighted by Crippen LogP contribution is 2.18. The second-order valence-electron chi connectivity index (χ2n) is 4.79. The van der Waals surface area contributed by atoms with Gasteiger partial charge in [0.1, 0.15) is 5.82 Å². The number of pyridine rings is 1. The summed E-state index contributed by atoms with van der Waals surface area (Å²) in [4.78, 5) is 18.9. The van der Waals surface area contributed by atoms with Crippen LogP contribution in [-0.4, -0.2) is 23.9 Å². The maximum atomic E-state index is 12.2. The van der Waals surface area contributed by atoms with Crippen molar-refractivity contribution in [2.75, 3.05) is 18.0 Å². The van der Waals surface area contributed by atoms with Crippen LogP contribution in [-0.2, 0) is 0 Å². The molecule has 1 aromatic heterocycles. The molecule has 3 nitrogen and oxygen atoms in total. The summed E-state index contributed by atoms with van der Waals surface area (Å²) in [5.41, 5.74) is 1.35. The highest BCUT2D eigenvalue weighted by Gasteiger charge is 2.14. The largest absolute Gasteiger partial charge is 0.357 e. The van der Waals surface area contributed by atoms with Crippen molar-refractivity contribution < 1.29 is 4.79 Å². The number of rotatable bonds is 3. The van der Waals surface area contributed by atoms with Gasteiger partial charge in [0.2, 0.25) is 0 Å². The predicted octanol–water partition coefficient (Wildman–Crippen LogP) is 2.91. The Bertz CT molecular complexity index is 557. The fraction of sp³-hybridized carbons (Fsp3) is 0.250. The molecule has 1 aliphatic heterocycles. The van der Waals surface area contributed by atoms with Crippen molar-refractivity contribution >= 4 is 11.6 Å². The van der Waals surface area contributed by atoms with E-state index in [4.69, 9.17) is 0 Å². The molecule has 0 spiro atoms. The summed E-state index contributed by atoms with van der Waals surface area (Å²) in [5.74, 6) is 1.00. The monoisotopic (exact) mass is 252 g/mol. The van der Waals surface area contributed by atoms with E-state index in [1.165, 1.54) is 12.8 Å². The number of carbonyl (C=O) groups is 1. The van der Waals surface area contributed by atoms with Crippen molar-refractivity contribution in [1.29, 1.82) is 0 Å². The van der Waals surface area contributed by atoms with Gasteiger partial charge in [-0.2, -0.15) is 0 Å². The van der Waals surface area contributed by atoms with Gasteiger partial charge in [0.25, 0.3) is 0 Å². The van der Waals surface area contributed by atoms with Gasteiger partial charge in [0, 0.05) is 30.4 Å². The minimum Gasteiger partial charge on any atom is -0.357 e. The summed E-state index contributed by atoms with van der Waals surface area (Å²) in [5, 5.41) is 0. The number of carbonyl (C=O) groups excluding carboxylic acids is 1. The Hall–Kier alpha value is -2.16. The molecule has 1 aliphatic rings. The molecule has 19 heavy (non-hydrogen) atoms.